The Hall–Kier alpha value is -2.44. The standard InChI is InChI=1S/C17H23N3O4/c1-17(2,3)24-16(22)19-4-5-23-15-8-12-6-11(10-21)7-13(12)14(9-18)20-15/h8-11,18H,4-7H2,1-3H3,(H,19,22). The maximum absolute atomic E-state index is 11.5. The molecular formula is C17H23N3O4. The highest BCUT2D eigenvalue weighted by Crippen LogP contribution is 2.29. The third kappa shape index (κ3) is 4.78. The number of rotatable bonds is 6. The van der Waals surface area contributed by atoms with Crippen LogP contribution in [-0.4, -0.2) is 42.3 Å². The Kier molecular flexibility index (Phi) is 5.54. The molecule has 1 aliphatic carbocycles. The van der Waals surface area contributed by atoms with Crippen molar-refractivity contribution < 1.29 is 19.1 Å². The quantitative estimate of drug-likeness (QED) is 0.470. The number of nitrogens with zero attached hydrogens (tertiary/aromatic N) is 1. The lowest BCUT2D eigenvalue weighted by Gasteiger charge is -2.19. The zero-order valence-corrected chi connectivity index (χ0v) is 14.2. The number of nitrogens with one attached hydrogen (secondary N) is 2. The van der Waals surface area contributed by atoms with E-state index in [4.69, 9.17) is 14.9 Å². The first-order valence-electron chi connectivity index (χ1n) is 7.90. The third-order valence-electron chi connectivity index (χ3n) is 3.52. The van der Waals surface area contributed by atoms with Gasteiger partial charge in [0.2, 0.25) is 5.88 Å². The Bertz CT molecular complexity index is 637. The van der Waals surface area contributed by atoms with Crippen molar-refractivity contribution in [3.8, 4) is 5.88 Å². The molecule has 0 fully saturated rings. The average molecular weight is 333 g/mol. The largest absolute Gasteiger partial charge is 0.476 e. The number of hydrogen-bond acceptors (Lipinski definition) is 6. The van der Waals surface area contributed by atoms with E-state index in [1.54, 1.807) is 26.8 Å². The van der Waals surface area contributed by atoms with Crippen LogP contribution in [0.15, 0.2) is 6.07 Å². The molecule has 0 radical (unpaired) electrons. The molecule has 1 aromatic rings. The summed E-state index contributed by atoms with van der Waals surface area (Å²) >= 11 is 0. The summed E-state index contributed by atoms with van der Waals surface area (Å²) in [7, 11) is 0. The van der Waals surface area contributed by atoms with E-state index in [9.17, 15) is 9.59 Å². The highest BCUT2D eigenvalue weighted by atomic mass is 16.6. The molecular weight excluding hydrogens is 310 g/mol. The molecule has 0 aromatic carbocycles. The number of amides is 1. The minimum atomic E-state index is -0.541. The Morgan fingerprint density at radius 3 is 2.83 bits per heavy atom. The van der Waals surface area contributed by atoms with Gasteiger partial charge in [0.25, 0.3) is 0 Å². The topological polar surface area (TPSA) is 101 Å². The molecule has 1 heterocycles. The zero-order chi connectivity index (χ0) is 17.7. The molecule has 24 heavy (non-hydrogen) atoms. The number of alkyl carbamates (subject to hydrolysis) is 1. The van der Waals surface area contributed by atoms with Crippen molar-refractivity contribution in [1.29, 1.82) is 5.41 Å². The van der Waals surface area contributed by atoms with E-state index in [1.807, 2.05) is 0 Å². The van der Waals surface area contributed by atoms with Crippen LogP contribution >= 0.6 is 0 Å². The second-order valence-corrected chi connectivity index (χ2v) is 6.71. The number of aromatic nitrogens is 1. The molecule has 2 N–H and O–H groups in total. The number of carbonyl (C=O) groups excluding carboxylic acids is 2. The van der Waals surface area contributed by atoms with Crippen molar-refractivity contribution in [2.45, 2.75) is 39.2 Å². The first-order valence-corrected chi connectivity index (χ1v) is 7.90. The van der Waals surface area contributed by atoms with Crippen molar-refractivity contribution in [1.82, 2.24) is 10.3 Å². The van der Waals surface area contributed by atoms with Crippen LogP contribution < -0.4 is 10.1 Å². The van der Waals surface area contributed by atoms with E-state index in [0.29, 0.717) is 24.4 Å². The van der Waals surface area contributed by atoms with Gasteiger partial charge in [-0.3, -0.25) is 0 Å². The molecule has 130 valence electrons. The third-order valence-corrected chi connectivity index (χ3v) is 3.52. The highest BCUT2D eigenvalue weighted by Gasteiger charge is 2.25. The zero-order valence-electron chi connectivity index (χ0n) is 14.2. The Balaban J connectivity index is 1.89. The number of pyridine rings is 1. The van der Waals surface area contributed by atoms with Gasteiger partial charge in [0.1, 0.15) is 18.5 Å². The molecule has 1 aromatic heterocycles. The fraction of sp³-hybridized carbons (Fsp3) is 0.529. The number of hydrogen-bond donors (Lipinski definition) is 2. The molecule has 7 heteroatoms. The first-order chi connectivity index (χ1) is 11.3. The van der Waals surface area contributed by atoms with Crippen LogP contribution in [0.3, 0.4) is 0 Å². The predicted molar refractivity (Wildman–Crippen MR) is 88.8 cm³/mol. The molecule has 0 saturated heterocycles. The van der Waals surface area contributed by atoms with Gasteiger partial charge in [0.15, 0.2) is 0 Å². The van der Waals surface area contributed by atoms with Crippen molar-refractivity contribution in [3.63, 3.8) is 0 Å². The molecule has 1 atom stereocenters. The minimum Gasteiger partial charge on any atom is -0.476 e. The second kappa shape index (κ2) is 7.42. The van der Waals surface area contributed by atoms with E-state index in [2.05, 4.69) is 10.3 Å². The summed E-state index contributed by atoms with van der Waals surface area (Å²) in [6.07, 6.45) is 2.89. The van der Waals surface area contributed by atoms with Gasteiger partial charge in [0.05, 0.1) is 12.2 Å². The maximum Gasteiger partial charge on any atom is 0.407 e. The highest BCUT2D eigenvalue weighted by molar-refractivity contribution is 5.78. The van der Waals surface area contributed by atoms with Crippen LogP contribution in [-0.2, 0) is 22.4 Å². The molecule has 0 spiro atoms. The van der Waals surface area contributed by atoms with Crippen molar-refractivity contribution >= 4 is 18.6 Å². The van der Waals surface area contributed by atoms with E-state index in [-0.39, 0.29) is 19.1 Å². The Labute approximate surface area is 141 Å². The Morgan fingerprint density at radius 1 is 1.46 bits per heavy atom. The SMILES string of the molecule is CC(C)(C)OC(=O)NCCOc1cc2c(c(C=N)n1)CC(C=O)C2. The van der Waals surface area contributed by atoms with Gasteiger partial charge in [0, 0.05) is 18.2 Å². The van der Waals surface area contributed by atoms with Crippen LogP contribution in [0.1, 0.15) is 37.6 Å². The van der Waals surface area contributed by atoms with Crippen LogP contribution in [0, 0.1) is 11.3 Å². The summed E-state index contributed by atoms with van der Waals surface area (Å²) in [4.78, 5) is 26.8. The summed E-state index contributed by atoms with van der Waals surface area (Å²) in [5.74, 6) is 0.342. The fourth-order valence-corrected chi connectivity index (χ4v) is 2.57. The number of carbonyl (C=O) groups is 2. The smallest absolute Gasteiger partial charge is 0.407 e. The molecule has 0 bridgehead atoms. The molecule has 0 aliphatic heterocycles. The van der Waals surface area contributed by atoms with Crippen molar-refractivity contribution in [2.75, 3.05) is 13.2 Å². The van der Waals surface area contributed by atoms with Crippen LogP contribution in [0.4, 0.5) is 4.79 Å². The van der Waals surface area contributed by atoms with Gasteiger partial charge in [-0.1, -0.05) is 0 Å². The van der Waals surface area contributed by atoms with Gasteiger partial charge < -0.3 is 25.0 Å². The number of fused-ring (bicyclic) bond motifs is 1. The van der Waals surface area contributed by atoms with Crippen LogP contribution in [0.25, 0.3) is 0 Å². The van der Waals surface area contributed by atoms with Gasteiger partial charge in [-0.05, 0) is 44.7 Å². The van der Waals surface area contributed by atoms with Gasteiger partial charge in [-0.15, -0.1) is 0 Å². The Morgan fingerprint density at radius 2 is 2.21 bits per heavy atom. The lowest BCUT2D eigenvalue weighted by molar-refractivity contribution is -0.110. The number of aldehydes is 1. The first kappa shape index (κ1) is 17.9. The van der Waals surface area contributed by atoms with E-state index >= 15 is 0 Å². The molecule has 1 unspecified atom stereocenters. The van der Waals surface area contributed by atoms with E-state index < -0.39 is 11.7 Å². The average Bonchev–Trinajstić information content (AvgIpc) is 2.92. The van der Waals surface area contributed by atoms with Crippen molar-refractivity contribution in [3.05, 3.63) is 22.9 Å². The lowest BCUT2D eigenvalue weighted by atomic mass is 10.1. The minimum absolute atomic E-state index is 0.0513. The normalized spacial score (nSPS) is 16.2. The summed E-state index contributed by atoms with van der Waals surface area (Å²) < 4.78 is 10.7. The molecule has 1 amide bonds. The molecule has 0 saturated carbocycles. The van der Waals surface area contributed by atoms with Gasteiger partial charge >= 0.3 is 6.09 Å². The summed E-state index contributed by atoms with van der Waals surface area (Å²) in [5, 5.41) is 10.1. The number of ether oxygens (including phenoxy) is 2. The van der Waals surface area contributed by atoms with Gasteiger partial charge in [-0.2, -0.15) is 0 Å². The van der Waals surface area contributed by atoms with E-state index in [1.165, 1.54) is 6.21 Å². The predicted octanol–water partition coefficient (Wildman–Crippen LogP) is 1.90. The summed E-state index contributed by atoms with van der Waals surface area (Å²) in [6, 6.07) is 1.80. The summed E-state index contributed by atoms with van der Waals surface area (Å²) in [6.45, 7) is 5.90. The fourth-order valence-electron chi connectivity index (χ4n) is 2.57. The summed E-state index contributed by atoms with van der Waals surface area (Å²) in [5.41, 5.74) is 1.93. The maximum atomic E-state index is 11.5. The van der Waals surface area contributed by atoms with Crippen molar-refractivity contribution in [2.24, 2.45) is 5.92 Å². The lowest BCUT2D eigenvalue weighted by Crippen LogP contribution is -2.34. The van der Waals surface area contributed by atoms with Crippen LogP contribution in [0.5, 0.6) is 5.88 Å². The van der Waals surface area contributed by atoms with E-state index in [0.717, 1.165) is 17.4 Å². The second-order valence-electron chi connectivity index (χ2n) is 6.71. The van der Waals surface area contributed by atoms with Gasteiger partial charge in [-0.25, -0.2) is 9.78 Å². The van der Waals surface area contributed by atoms with Crippen LogP contribution in [0.2, 0.25) is 0 Å². The molecule has 7 nitrogen and oxygen atoms in total. The molecule has 2 rings (SSSR count). The monoisotopic (exact) mass is 333 g/mol. The molecule has 1 aliphatic rings.